The number of aromatic nitrogens is 3. The third-order valence-corrected chi connectivity index (χ3v) is 1.87. The lowest BCUT2D eigenvalue weighted by molar-refractivity contribution is -0.383. The lowest BCUT2D eigenvalue weighted by Gasteiger charge is -2.00. The average molecular weight is 208 g/mol. The summed E-state index contributed by atoms with van der Waals surface area (Å²) in [6.45, 7) is 2.21. The molecule has 0 aliphatic rings. The highest BCUT2D eigenvalue weighted by Crippen LogP contribution is 2.21. The van der Waals surface area contributed by atoms with Crippen LogP contribution in [0.4, 0.5) is 5.69 Å². The molecule has 0 spiro atoms. The van der Waals surface area contributed by atoms with Crippen molar-refractivity contribution in [3.05, 3.63) is 28.3 Å². The molecule has 0 radical (unpaired) electrons. The second-order valence-corrected chi connectivity index (χ2v) is 2.78. The van der Waals surface area contributed by atoms with Crippen molar-refractivity contribution in [3.8, 4) is 0 Å². The van der Waals surface area contributed by atoms with Gasteiger partial charge in [0.2, 0.25) is 0 Å². The third-order valence-electron chi connectivity index (χ3n) is 1.87. The Bertz CT molecular complexity index is 508. The van der Waals surface area contributed by atoms with E-state index in [0.29, 0.717) is 12.1 Å². The molecular formula is C8H8N4O3. The summed E-state index contributed by atoms with van der Waals surface area (Å²) in [6.07, 6.45) is 0. The van der Waals surface area contributed by atoms with Crippen LogP contribution in [-0.2, 0) is 0 Å². The highest BCUT2D eigenvalue weighted by Gasteiger charge is 2.16. The summed E-state index contributed by atoms with van der Waals surface area (Å²) >= 11 is 0. The van der Waals surface area contributed by atoms with Crippen LogP contribution in [0.2, 0.25) is 0 Å². The fourth-order valence-electron chi connectivity index (χ4n) is 1.27. The van der Waals surface area contributed by atoms with Gasteiger partial charge in [-0.25, -0.2) is 0 Å². The van der Waals surface area contributed by atoms with E-state index in [-0.39, 0.29) is 11.2 Å². The van der Waals surface area contributed by atoms with Crippen molar-refractivity contribution in [2.24, 2.45) is 0 Å². The van der Waals surface area contributed by atoms with Gasteiger partial charge >= 0.3 is 0 Å². The number of rotatable bonds is 3. The van der Waals surface area contributed by atoms with Gasteiger partial charge in [-0.05, 0) is 18.2 Å². The van der Waals surface area contributed by atoms with Gasteiger partial charge in [0.05, 0.1) is 4.92 Å². The average Bonchev–Trinajstić information content (AvgIpc) is 2.62. The highest BCUT2D eigenvalue weighted by atomic mass is 16.7. The second-order valence-electron chi connectivity index (χ2n) is 2.78. The first kappa shape index (κ1) is 9.38. The number of nitro benzene ring substituents is 1. The predicted molar refractivity (Wildman–Crippen MR) is 51.3 cm³/mol. The summed E-state index contributed by atoms with van der Waals surface area (Å²) < 4.78 is 0. The van der Waals surface area contributed by atoms with Gasteiger partial charge in [-0.2, -0.15) is 0 Å². The molecule has 7 nitrogen and oxygen atoms in total. The quantitative estimate of drug-likeness (QED) is 0.550. The summed E-state index contributed by atoms with van der Waals surface area (Å²) in [4.78, 5) is 16.5. The summed E-state index contributed by atoms with van der Waals surface area (Å²) in [5.41, 5.74) is 0.653. The molecule has 0 saturated heterocycles. The molecule has 1 aromatic carbocycles. The van der Waals surface area contributed by atoms with Crippen LogP contribution in [0.25, 0.3) is 11.0 Å². The minimum Gasteiger partial charge on any atom is -0.395 e. The molecule has 0 saturated carbocycles. The standard InChI is InChI=1S/C8H8N4O3/c1-2-15-11-6-4-3-5-7(12(13)14)8(6)9-10-11/h3-5H,2H2,1H3. The molecule has 1 aromatic heterocycles. The molecule has 0 aliphatic carbocycles. The molecule has 2 rings (SSSR count). The molecule has 15 heavy (non-hydrogen) atoms. The Balaban J connectivity index is 2.63. The van der Waals surface area contributed by atoms with E-state index in [4.69, 9.17) is 4.84 Å². The zero-order valence-electron chi connectivity index (χ0n) is 7.95. The van der Waals surface area contributed by atoms with Gasteiger partial charge < -0.3 is 4.84 Å². The van der Waals surface area contributed by atoms with Gasteiger partial charge in [0.15, 0.2) is 5.52 Å². The lowest BCUT2D eigenvalue weighted by Crippen LogP contribution is -2.11. The minimum absolute atomic E-state index is 0.0709. The van der Waals surface area contributed by atoms with Gasteiger partial charge in [-0.15, -0.1) is 5.10 Å². The van der Waals surface area contributed by atoms with Crippen molar-refractivity contribution in [1.29, 1.82) is 0 Å². The van der Waals surface area contributed by atoms with Crippen molar-refractivity contribution in [2.75, 3.05) is 6.61 Å². The molecule has 7 heteroatoms. The zero-order valence-corrected chi connectivity index (χ0v) is 7.95. The monoisotopic (exact) mass is 208 g/mol. The minimum atomic E-state index is -0.493. The van der Waals surface area contributed by atoms with Crippen molar-refractivity contribution >= 4 is 16.7 Å². The number of benzene rings is 1. The van der Waals surface area contributed by atoms with Crippen LogP contribution in [0.5, 0.6) is 0 Å². The van der Waals surface area contributed by atoms with Gasteiger partial charge in [0.25, 0.3) is 5.69 Å². The van der Waals surface area contributed by atoms with Crippen LogP contribution in [0.3, 0.4) is 0 Å². The van der Waals surface area contributed by atoms with E-state index in [1.54, 1.807) is 19.1 Å². The Hall–Kier alpha value is -2.18. The van der Waals surface area contributed by atoms with Crippen molar-refractivity contribution in [2.45, 2.75) is 6.92 Å². The Labute approximate surface area is 84.4 Å². The van der Waals surface area contributed by atoms with Crippen LogP contribution in [-0.4, -0.2) is 26.7 Å². The maximum absolute atomic E-state index is 10.7. The molecule has 78 valence electrons. The van der Waals surface area contributed by atoms with E-state index in [9.17, 15) is 10.1 Å². The highest BCUT2D eigenvalue weighted by molar-refractivity contribution is 5.83. The molecule has 1 heterocycles. The van der Waals surface area contributed by atoms with E-state index in [1.165, 1.54) is 10.9 Å². The maximum Gasteiger partial charge on any atom is 0.299 e. The first-order valence-corrected chi connectivity index (χ1v) is 4.36. The summed E-state index contributed by atoms with van der Waals surface area (Å²) in [7, 11) is 0. The van der Waals surface area contributed by atoms with Gasteiger partial charge in [0, 0.05) is 6.07 Å². The van der Waals surface area contributed by atoms with Gasteiger partial charge in [-0.3, -0.25) is 10.1 Å². The van der Waals surface area contributed by atoms with Crippen LogP contribution in [0, 0.1) is 10.1 Å². The largest absolute Gasteiger partial charge is 0.395 e. The fourth-order valence-corrected chi connectivity index (χ4v) is 1.27. The number of fused-ring (bicyclic) bond motifs is 1. The zero-order chi connectivity index (χ0) is 10.8. The number of hydrogen-bond acceptors (Lipinski definition) is 5. The first-order chi connectivity index (χ1) is 7.24. The Morgan fingerprint density at radius 1 is 1.60 bits per heavy atom. The second kappa shape index (κ2) is 3.52. The van der Waals surface area contributed by atoms with Crippen molar-refractivity contribution in [3.63, 3.8) is 0 Å². The van der Waals surface area contributed by atoms with E-state index in [2.05, 4.69) is 10.3 Å². The summed E-state index contributed by atoms with van der Waals surface area (Å²) in [5.74, 6) is 0. The molecule has 2 aromatic rings. The van der Waals surface area contributed by atoms with Crippen LogP contribution in [0.15, 0.2) is 18.2 Å². The SMILES string of the molecule is CCOn1nnc2c([N+](=O)[O-])cccc21. The molecular weight excluding hydrogens is 200 g/mol. The maximum atomic E-state index is 10.7. The topological polar surface area (TPSA) is 83.1 Å². The fraction of sp³-hybridized carbons (Fsp3) is 0.250. The summed E-state index contributed by atoms with van der Waals surface area (Å²) in [5, 5.41) is 18.0. The Kier molecular flexibility index (Phi) is 2.20. The number of non-ortho nitro benzene ring substituents is 1. The van der Waals surface area contributed by atoms with Gasteiger partial charge in [0.1, 0.15) is 12.1 Å². The number of hydrogen-bond donors (Lipinski definition) is 0. The van der Waals surface area contributed by atoms with Crippen LogP contribution < -0.4 is 4.84 Å². The molecule has 0 fully saturated rings. The molecule has 0 bridgehead atoms. The van der Waals surface area contributed by atoms with E-state index in [0.717, 1.165) is 0 Å². The van der Waals surface area contributed by atoms with E-state index in [1.807, 2.05) is 0 Å². The van der Waals surface area contributed by atoms with E-state index < -0.39 is 4.92 Å². The first-order valence-electron chi connectivity index (χ1n) is 4.36. The van der Waals surface area contributed by atoms with Crippen LogP contribution in [0.1, 0.15) is 6.92 Å². The Morgan fingerprint density at radius 3 is 3.07 bits per heavy atom. The molecule has 0 amide bonds. The van der Waals surface area contributed by atoms with E-state index >= 15 is 0 Å². The molecule has 0 atom stereocenters. The molecule has 0 unspecified atom stereocenters. The van der Waals surface area contributed by atoms with Crippen molar-refractivity contribution < 1.29 is 9.76 Å². The molecule has 0 N–H and O–H groups in total. The van der Waals surface area contributed by atoms with Gasteiger partial charge in [-0.1, -0.05) is 10.9 Å². The lowest BCUT2D eigenvalue weighted by atomic mass is 10.3. The number of nitrogens with zero attached hydrogens (tertiary/aromatic N) is 4. The Morgan fingerprint density at radius 2 is 2.40 bits per heavy atom. The third kappa shape index (κ3) is 1.47. The number of nitro groups is 1. The summed E-state index contributed by atoms with van der Waals surface area (Å²) in [6, 6.07) is 4.62. The van der Waals surface area contributed by atoms with Crippen LogP contribution >= 0.6 is 0 Å². The smallest absolute Gasteiger partial charge is 0.299 e. The molecule has 0 aliphatic heterocycles. The predicted octanol–water partition coefficient (Wildman–Crippen LogP) is 0.788. The van der Waals surface area contributed by atoms with Crippen molar-refractivity contribution in [1.82, 2.24) is 15.2 Å². The normalized spacial score (nSPS) is 10.5.